The van der Waals surface area contributed by atoms with Crippen molar-refractivity contribution in [2.75, 3.05) is 6.54 Å². The van der Waals surface area contributed by atoms with Gasteiger partial charge in [0.1, 0.15) is 6.54 Å². The Morgan fingerprint density at radius 2 is 2.26 bits per heavy atom. The molecule has 2 aliphatic heterocycles. The van der Waals surface area contributed by atoms with Gasteiger partial charge in [-0.2, -0.15) is 0 Å². The van der Waals surface area contributed by atoms with E-state index in [0.717, 1.165) is 36.8 Å². The fraction of sp³-hybridized carbons (Fsp3) is 0.750. The molecular weight excluding hydrogens is 407 g/mol. The lowest BCUT2D eigenvalue weighted by Gasteiger charge is -2.22. The summed E-state index contributed by atoms with van der Waals surface area (Å²) < 4.78 is 11.2. The third-order valence-corrected chi connectivity index (χ3v) is 4.33. The van der Waals surface area contributed by atoms with E-state index in [1.54, 1.807) is 0 Å². The highest BCUT2D eigenvalue weighted by Gasteiger charge is 2.41. The maximum absolute atomic E-state index is 5.88. The minimum Gasteiger partial charge on any atom is -0.373 e. The summed E-state index contributed by atoms with van der Waals surface area (Å²) in [6, 6.07) is 2.36. The van der Waals surface area contributed by atoms with E-state index in [-0.39, 0.29) is 24.0 Å². The summed E-state index contributed by atoms with van der Waals surface area (Å²) in [4.78, 5) is 4.61. The monoisotopic (exact) mass is 434 g/mol. The molecular formula is C16H27IN4O2. The van der Waals surface area contributed by atoms with Gasteiger partial charge in [0.15, 0.2) is 11.7 Å². The van der Waals surface area contributed by atoms with Gasteiger partial charge in [-0.15, -0.1) is 24.0 Å². The molecule has 0 radical (unpaired) electrons. The Balaban J connectivity index is 0.00000192. The number of ether oxygens (including phenoxy) is 1. The van der Waals surface area contributed by atoms with Crippen LogP contribution >= 0.6 is 24.0 Å². The molecule has 2 aliphatic rings. The average molecular weight is 434 g/mol. The lowest BCUT2D eigenvalue weighted by molar-refractivity contribution is 0.0992. The molecule has 2 saturated heterocycles. The SMILES string of the molecule is CCNC(=NCc1cc(C(C)C)no1)NC1CC2CCC1O2.I. The Morgan fingerprint density at radius 1 is 1.43 bits per heavy atom. The lowest BCUT2D eigenvalue weighted by atomic mass is 9.96. The number of rotatable bonds is 5. The average Bonchev–Trinajstić information content (AvgIpc) is 3.21. The van der Waals surface area contributed by atoms with Gasteiger partial charge in [-0.05, 0) is 32.1 Å². The van der Waals surface area contributed by atoms with E-state index < -0.39 is 0 Å². The molecule has 0 spiro atoms. The molecule has 0 amide bonds. The first-order valence-corrected chi connectivity index (χ1v) is 8.31. The van der Waals surface area contributed by atoms with Crippen molar-refractivity contribution in [1.29, 1.82) is 0 Å². The van der Waals surface area contributed by atoms with Crippen molar-refractivity contribution in [2.24, 2.45) is 4.99 Å². The standard InChI is InChI=1S/C16H26N4O2.HI/c1-4-17-16(19-14-7-11-5-6-15(14)21-11)18-9-12-8-13(10(2)3)20-22-12;/h8,10-11,14-15H,4-7,9H2,1-3H3,(H2,17,18,19);1H. The predicted molar refractivity (Wildman–Crippen MR) is 100 cm³/mol. The number of hydrogen-bond donors (Lipinski definition) is 2. The van der Waals surface area contributed by atoms with Gasteiger partial charge in [-0.25, -0.2) is 4.99 Å². The Bertz CT molecular complexity index is 532. The van der Waals surface area contributed by atoms with Crippen molar-refractivity contribution < 1.29 is 9.26 Å². The van der Waals surface area contributed by atoms with Crippen LogP contribution in [0.1, 0.15) is 57.4 Å². The molecule has 0 aromatic carbocycles. The van der Waals surface area contributed by atoms with Crippen LogP contribution in [0.5, 0.6) is 0 Å². The molecule has 0 saturated carbocycles. The highest BCUT2D eigenvalue weighted by Crippen LogP contribution is 2.34. The zero-order valence-electron chi connectivity index (χ0n) is 14.0. The fourth-order valence-corrected chi connectivity index (χ4v) is 3.12. The zero-order chi connectivity index (χ0) is 15.5. The van der Waals surface area contributed by atoms with Crippen LogP contribution in [0.3, 0.4) is 0 Å². The van der Waals surface area contributed by atoms with Gasteiger partial charge in [0.2, 0.25) is 0 Å². The first-order valence-electron chi connectivity index (χ1n) is 8.31. The number of fused-ring (bicyclic) bond motifs is 2. The number of hydrogen-bond acceptors (Lipinski definition) is 4. The van der Waals surface area contributed by atoms with E-state index in [1.165, 1.54) is 6.42 Å². The molecule has 3 unspecified atom stereocenters. The second-order valence-electron chi connectivity index (χ2n) is 6.43. The van der Waals surface area contributed by atoms with Crippen molar-refractivity contribution in [3.05, 3.63) is 17.5 Å². The summed E-state index contributed by atoms with van der Waals surface area (Å²) in [5.74, 6) is 2.00. The molecule has 23 heavy (non-hydrogen) atoms. The molecule has 7 heteroatoms. The summed E-state index contributed by atoms with van der Waals surface area (Å²) in [6.07, 6.45) is 4.21. The molecule has 2 N–H and O–H groups in total. The summed E-state index contributed by atoms with van der Waals surface area (Å²) in [6.45, 7) is 7.61. The van der Waals surface area contributed by atoms with Gasteiger partial charge < -0.3 is 19.9 Å². The van der Waals surface area contributed by atoms with Gasteiger partial charge in [0.05, 0.1) is 23.9 Å². The topological polar surface area (TPSA) is 71.7 Å². The van der Waals surface area contributed by atoms with Crippen LogP contribution in [0, 0.1) is 0 Å². The maximum atomic E-state index is 5.88. The quantitative estimate of drug-likeness (QED) is 0.424. The molecule has 2 fully saturated rings. The lowest BCUT2D eigenvalue weighted by Crippen LogP contribution is -2.47. The first kappa shape index (κ1) is 18.5. The summed E-state index contributed by atoms with van der Waals surface area (Å²) in [7, 11) is 0. The highest BCUT2D eigenvalue weighted by atomic mass is 127. The van der Waals surface area contributed by atoms with Crippen LogP contribution < -0.4 is 10.6 Å². The number of guanidine groups is 1. The van der Waals surface area contributed by atoms with Crippen molar-refractivity contribution in [2.45, 2.75) is 70.7 Å². The molecule has 3 atom stereocenters. The van der Waals surface area contributed by atoms with Crippen LogP contribution in [0.2, 0.25) is 0 Å². The molecule has 3 rings (SSSR count). The van der Waals surface area contributed by atoms with Gasteiger partial charge in [-0.3, -0.25) is 0 Å². The Morgan fingerprint density at radius 3 is 2.83 bits per heavy atom. The Labute approximate surface area is 154 Å². The molecule has 3 heterocycles. The van der Waals surface area contributed by atoms with Crippen LogP contribution in [-0.4, -0.2) is 35.9 Å². The van der Waals surface area contributed by atoms with E-state index in [2.05, 4.69) is 41.6 Å². The molecule has 1 aromatic rings. The molecule has 130 valence electrons. The maximum Gasteiger partial charge on any atom is 0.192 e. The van der Waals surface area contributed by atoms with E-state index in [4.69, 9.17) is 9.26 Å². The normalized spacial score (nSPS) is 26.4. The predicted octanol–water partition coefficient (Wildman–Crippen LogP) is 2.79. The number of halogens is 1. The number of nitrogens with one attached hydrogen (secondary N) is 2. The van der Waals surface area contributed by atoms with Gasteiger partial charge >= 0.3 is 0 Å². The fourth-order valence-electron chi connectivity index (χ4n) is 3.12. The molecule has 0 aliphatic carbocycles. The van der Waals surface area contributed by atoms with Crippen LogP contribution in [0.15, 0.2) is 15.6 Å². The van der Waals surface area contributed by atoms with Crippen molar-refractivity contribution >= 4 is 29.9 Å². The van der Waals surface area contributed by atoms with Crippen molar-refractivity contribution in [3.8, 4) is 0 Å². The van der Waals surface area contributed by atoms with E-state index in [9.17, 15) is 0 Å². The van der Waals surface area contributed by atoms with Crippen LogP contribution in [0.4, 0.5) is 0 Å². The van der Waals surface area contributed by atoms with Crippen LogP contribution in [-0.2, 0) is 11.3 Å². The Hall–Kier alpha value is -0.830. The third kappa shape index (κ3) is 4.59. The number of nitrogens with zero attached hydrogens (tertiary/aromatic N) is 2. The second kappa shape index (κ2) is 8.32. The van der Waals surface area contributed by atoms with E-state index >= 15 is 0 Å². The largest absolute Gasteiger partial charge is 0.373 e. The smallest absolute Gasteiger partial charge is 0.192 e. The minimum absolute atomic E-state index is 0. The highest BCUT2D eigenvalue weighted by molar-refractivity contribution is 14.0. The Kier molecular flexibility index (Phi) is 6.70. The summed E-state index contributed by atoms with van der Waals surface area (Å²) >= 11 is 0. The summed E-state index contributed by atoms with van der Waals surface area (Å²) in [5.41, 5.74) is 0.977. The van der Waals surface area contributed by atoms with Crippen molar-refractivity contribution in [1.82, 2.24) is 15.8 Å². The minimum atomic E-state index is 0. The van der Waals surface area contributed by atoms with Gasteiger partial charge in [0, 0.05) is 12.6 Å². The molecule has 2 bridgehead atoms. The molecule has 6 nitrogen and oxygen atoms in total. The van der Waals surface area contributed by atoms with Gasteiger partial charge in [-0.1, -0.05) is 19.0 Å². The van der Waals surface area contributed by atoms with Gasteiger partial charge in [0.25, 0.3) is 0 Å². The van der Waals surface area contributed by atoms with E-state index in [1.807, 2.05) is 6.07 Å². The van der Waals surface area contributed by atoms with E-state index in [0.29, 0.717) is 30.7 Å². The summed E-state index contributed by atoms with van der Waals surface area (Å²) in [5, 5.41) is 10.9. The first-order chi connectivity index (χ1) is 10.7. The zero-order valence-corrected chi connectivity index (χ0v) is 16.4. The molecule has 1 aromatic heterocycles. The van der Waals surface area contributed by atoms with Crippen LogP contribution in [0.25, 0.3) is 0 Å². The number of aliphatic imine (C=N–C) groups is 1. The van der Waals surface area contributed by atoms with Crippen molar-refractivity contribution in [3.63, 3.8) is 0 Å². The second-order valence-corrected chi connectivity index (χ2v) is 6.43. The third-order valence-electron chi connectivity index (χ3n) is 4.33. The number of aromatic nitrogens is 1.